The van der Waals surface area contributed by atoms with Crippen LogP contribution in [0.3, 0.4) is 0 Å². The third-order valence-corrected chi connectivity index (χ3v) is 3.29. The van der Waals surface area contributed by atoms with E-state index in [1.807, 2.05) is 0 Å². The smallest absolute Gasteiger partial charge is 0.124 e. The number of nitrogens with two attached hydrogens (primary N) is 1. The van der Waals surface area contributed by atoms with E-state index in [-0.39, 0.29) is 10.0 Å². The van der Waals surface area contributed by atoms with Crippen LogP contribution < -0.4 is 11.1 Å². The van der Waals surface area contributed by atoms with E-state index in [2.05, 4.69) is 5.32 Å². The molecule has 2 nitrogen and oxygen atoms in total. The summed E-state index contributed by atoms with van der Waals surface area (Å²) in [4.78, 5) is 0.173. The highest BCUT2D eigenvalue weighted by atomic mass is 35.5. The lowest BCUT2D eigenvalue weighted by atomic mass is 10.1. The molecule has 0 fully saturated rings. The fourth-order valence-electron chi connectivity index (χ4n) is 1.61. The quantitative estimate of drug-likeness (QED) is 0.819. The van der Waals surface area contributed by atoms with Crippen molar-refractivity contribution in [2.75, 3.05) is 5.32 Å². The average Bonchev–Trinajstić information content (AvgIpc) is 2.32. The maximum atomic E-state index is 13.0. The van der Waals surface area contributed by atoms with Gasteiger partial charge in [0, 0.05) is 0 Å². The molecule has 0 amide bonds. The predicted molar refractivity (Wildman–Crippen MR) is 82.0 cm³/mol. The lowest BCUT2D eigenvalue weighted by molar-refractivity contribution is 0.628. The normalized spacial score (nSPS) is 10.3. The molecule has 0 spiro atoms. The summed E-state index contributed by atoms with van der Waals surface area (Å²) < 4.78 is 13.0. The summed E-state index contributed by atoms with van der Waals surface area (Å²) in [6.07, 6.45) is 0. The van der Waals surface area contributed by atoms with E-state index in [4.69, 9.17) is 41.2 Å². The van der Waals surface area contributed by atoms with Gasteiger partial charge in [-0.3, -0.25) is 0 Å². The van der Waals surface area contributed by atoms with Crippen molar-refractivity contribution in [3.63, 3.8) is 0 Å². The minimum absolute atomic E-state index is 0.173. The fraction of sp³-hybridized carbons (Fsp3) is 0. The van der Waals surface area contributed by atoms with Crippen LogP contribution in [-0.4, -0.2) is 4.99 Å². The summed E-state index contributed by atoms with van der Waals surface area (Å²) in [6.45, 7) is 0. The zero-order chi connectivity index (χ0) is 14.0. The summed E-state index contributed by atoms with van der Waals surface area (Å²) in [7, 11) is 0. The Morgan fingerprint density at radius 3 is 2.47 bits per heavy atom. The Labute approximate surface area is 125 Å². The molecule has 98 valence electrons. The highest BCUT2D eigenvalue weighted by Crippen LogP contribution is 2.30. The van der Waals surface area contributed by atoms with Crippen LogP contribution in [0.1, 0.15) is 5.56 Å². The first-order valence-corrected chi connectivity index (χ1v) is 6.46. The van der Waals surface area contributed by atoms with Crippen molar-refractivity contribution in [2.45, 2.75) is 0 Å². The molecule has 0 atom stereocenters. The third kappa shape index (κ3) is 3.15. The third-order valence-electron chi connectivity index (χ3n) is 2.46. The molecule has 0 bridgehead atoms. The Kier molecular flexibility index (Phi) is 4.24. The van der Waals surface area contributed by atoms with E-state index in [1.165, 1.54) is 18.2 Å². The van der Waals surface area contributed by atoms with E-state index in [9.17, 15) is 4.39 Å². The number of benzene rings is 2. The summed E-state index contributed by atoms with van der Waals surface area (Å²) >= 11 is 17.0. The number of hydrogen-bond acceptors (Lipinski definition) is 2. The second-order valence-electron chi connectivity index (χ2n) is 3.78. The van der Waals surface area contributed by atoms with Gasteiger partial charge >= 0.3 is 0 Å². The van der Waals surface area contributed by atoms with Crippen molar-refractivity contribution in [3.8, 4) is 0 Å². The van der Waals surface area contributed by atoms with Crippen molar-refractivity contribution in [1.82, 2.24) is 0 Å². The van der Waals surface area contributed by atoms with Crippen molar-refractivity contribution < 1.29 is 4.39 Å². The molecule has 0 aliphatic rings. The van der Waals surface area contributed by atoms with E-state index in [0.717, 1.165) is 0 Å². The van der Waals surface area contributed by atoms with Gasteiger partial charge in [0.15, 0.2) is 0 Å². The molecule has 0 saturated heterocycles. The molecule has 0 radical (unpaired) electrons. The van der Waals surface area contributed by atoms with Crippen LogP contribution >= 0.6 is 35.4 Å². The Bertz CT molecular complexity index is 647. The SMILES string of the molecule is NC(=S)c1c(Cl)cccc1Nc1ccc(F)cc1Cl. The molecule has 2 rings (SSSR count). The molecule has 2 aromatic carbocycles. The summed E-state index contributed by atoms with van der Waals surface area (Å²) in [5.41, 5.74) is 7.34. The standard InChI is InChI=1S/C13H9Cl2FN2S/c14-8-2-1-3-11(12(8)13(17)19)18-10-5-4-7(16)6-9(10)15/h1-6,18H,(H2,17,19). The first-order chi connectivity index (χ1) is 8.99. The number of thiocarbonyl (C=S) groups is 1. The maximum absolute atomic E-state index is 13.0. The van der Waals surface area contributed by atoms with Crippen LogP contribution in [-0.2, 0) is 0 Å². The van der Waals surface area contributed by atoms with Crippen molar-refractivity contribution in [2.24, 2.45) is 5.73 Å². The minimum atomic E-state index is -0.406. The molecule has 2 aromatic rings. The van der Waals surface area contributed by atoms with Crippen LogP contribution in [0.15, 0.2) is 36.4 Å². The average molecular weight is 315 g/mol. The number of anilines is 2. The summed E-state index contributed by atoms with van der Waals surface area (Å²) in [5.74, 6) is -0.406. The van der Waals surface area contributed by atoms with Crippen LogP contribution in [0.5, 0.6) is 0 Å². The summed E-state index contributed by atoms with van der Waals surface area (Å²) in [5, 5.41) is 3.74. The number of rotatable bonds is 3. The molecular formula is C13H9Cl2FN2S. The number of halogens is 3. The van der Waals surface area contributed by atoms with Gasteiger partial charge < -0.3 is 11.1 Å². The highest BCUT2D eigenvalue weighted by Gasteiger charge is 2.11. The topological polar surface area (TPSA) is 38.0 Å². The molecule has 0 aliphatic carbocycles. The van der Waals surface area contributed by atoms with Crippen molar-refractivity contribution in [3.05, 3.63) is 57.8 Å². The Morgan fingerprint density at radius 2 is 1.84 bits per heavy atom. The van der Waals surface area contributed by atoms with Gasteiger partial charge in [-0.25, -0.2) is 4.39 Å². The minimum Gasteiger partial charge on any atom is -0.389 e. The van der Waals surface area contributed by atoms with Gasteiger partial charge in [0.1, 0.15) is 10.8 Å². The van der Waals surface area contributed by atoms with Gasteiger partial charge in [-0.05, 0) is 30.3 Å². The van der Waals surface area contributed by atoms with Crippen LogP contribution in [0, 0.1) is 5.82 Å². The first-order valence-electron chi connectivity index (χ1n) is 5.29. The zero-order valence-electron chi connectivity index (χ0n) is 9.58. The molecule has 19 heavy (non-hydrogen) atoms. The van der Waals surface area contributed by atoms with Gasteiger partial charge in [-0.15, -0.1) is 0 Å². The largest absolute Gasteiger partial charge is 0.389 e. The Morgan fingerprint density at radius 1 is 1.11 bits per heavy atom. The van der Waals surface area contributed by atoms with Gasteiger partial charge in [-0.1, -0.05) is 41.5 Å². The van der Waals surface area contributed by atoms with E-state index in [1.54, 1.807) is 18.2 Å². The van der Waals surface area contributed by atoms with Crippen LogP contribution in [0.2, 0.25) is 10.0 Å². The van der Waals surface area contributed by atoms with Crippen molar-refractivity contribution >= 4 is 51.8 Å². The molecule has 6 heteroatoms. The van der Waals surface area contributed by atoms with E-state index in [0.29, 0.717) is 22.0 Å². The molecule has 0 aromatic heterocycles. The fourth-order valence-corrected chi connectivity index (χ4v) is 2.38. The lowest BCUT2D eigenvalue weighted by Gasteiger charge is -2.13. The first kappa shape index (κ1) is 14.1. The highest BCUT2D eigenvalue weighted by molar-refractivity contribution is 7.80. The summed E-state index contributed by atoms with van der Waals surface area (Å²) in [6, 6.07) is 9.26. The van der Waals surface area contributed by atoms with Crippen LogP contribution in [0.25, 0.3) is 0 Å². The second kappa shape index (κ2) is 5.74. The Balaban J connectivity index is 2.44. The van der Waals surface area contributed by atoms with Gasteiger partial charge in [0.2, 0.25) is 0 Å². The number of nitrogens with one attached hydrogen (secondary N) is 1. The van der Waals surface area contributed by atoms with E-state index >= 15 is 0 Å². The molecule has 0 aliphatic heterocycles. The lowest BCUT2D eigenvalue weighted by Crippen LogP contribution is -2.12. The molecule has 0 heterocycles. The molecule has 3 N–H and O–H groups in total. The monoisotopic (exact) mass is 314 g/mol. The molecular weight excluding hydrogens is 306 g/mol. The number of hydrogen-bond donors (Lipinski definition) is 2. The van der Waals surface area contributed by atoms with Crippen molar-refractivity contribution in [1.29, 1.82) is 0 Å². The van der Waals surface area contributed by atoms with Crippen LogP contribution in [0.4, 0.5) is 15.8 Å². The Hall–Kier alpha value is -1.36. The zero-order valence-corrected chi connectivity index (χ0v) is 11.9. The predicted octanol–water partition coefficient (Wildman–Crippen LogP) is 4.51. The van der Waals surface area contributed by atoms with Gasteiger partial charge in [0.05, 0.1) is 27.0 Å². The van der Waals surface area contributed by atoms with Gasteiger partial charge in [0.25, 0.3) is 0 Å². The molecule has 0 saturated carbocycles. The maximum Gasteiger partial charge on any atom is 0.124 e. The second-order valence-corrected chi connectivity index (χ2v) is 5.03. The van der Waals surface area contributed by atoms with Gasteiger partial charge in [-0.2, -0.15) is 0 Å². The molecule has 0 unspecified atom stereocenters. The van der Waals surface area contributed by atoms with E-state index < -0.39 is 5.82 Å².